The number of esters is 1. The number of aldehydes is 1. The standard InChI is InChI=1S/C29H32ClNO5/c1-17(10-13-29(5)18(2)7-9-24(33)20(29)4)6-8-22-26(34)23(16-32)19(3)25(30)27(22)36-28(35)21-11-14-31-15-12-21/h6,10-16,18,20,34H,7-9H2,1-5H3/b13-10+,17-6+/t18-,20+,29+/m1/s1. The number of carbonyl (C=O) groups excluding carboxylic acids is 3. The van der Waals surface area contributed by atoms with Gasteiger partial charge < -0.3 is 9.84 Å². The van der Waals surface area contributed by atoms with Crippen LogP contribution in [0.25, 0.3) is 0 Å². The predicted molar refractivity (Wildman–Crippen MR) is 140 cm³/mol. The largest absolute Gasteiger partial charge is 0.507 e. The molecule has 1 aromatic carbocycles. The van der Waals surface area contributed by atoms with Crippen molar-refractivity contribution in [1.29, 1.82) is 0 Å². The summed E-state index contributed by atoms with van der Waals surface area (Å²) in [5.41, 5.74) is 1.53. The van der Waals surface area contributed by atoms with Crippen LogP contribution in [0.1, 0.15) is 72.4 Å². The Morgan fingerprint density at radius 1 is 1.31 bits per heavy atom. The summed E-state index contributed by atoms with van der Waals surface area (Å²) in [6, 6.07) is 3.02. The van der Waals surface area contributed by atoms with E-state index in [1.807, 2.05) is 26.0 Å². The van der Waals surface area contributed by atoms with E-state index in [2.05, 4.69) is 24.9 Å². The van der Waals surface area contributed by atoms with Crippen LogP contribution in [0.5, 0.6) is 11.5 Å². The topological polar surface area (TPSA) is 93.6 Å². The number of hydrogen-bond donors (Lipinski definition) is 1. The Balaban J connectivity index is 1.95. The third-order valence-electron chi connectivity index (χ3n) is 7.61. The molecule has 0 radical (unpaired) electrons. The molecule has 1 aromatic heterocycles. The Morgan fingerprint density at radius 2 is 1.97 bits per heavy atom. The Hall–Kier alpha value is -3.25. The molecule has 36 heavy (non-hydrogen) atoms. The number of nitrogens with zero attached hydrogens (tertiary/aromatic N) is 1. The highest BCUT2D eigenvalue weighted by Crippen LogP contribution is 2.45. The second kappa shape index (κ2) is 11.2. The summed E-state index contributed by atoms with van der Waals surface area (Å²) in [7, 11) is 0. The maximum absolute atomic E-state index is 12.7. The molecule has 1 N–H and O–H groups in total. The van der Waals surface area contributed by atoms with Gasteiger partial charge >= 0.3 is 5.97 Å². The number of carbonyl (C=O) groups is 3. The number of ketones is 1. The van der Waals surface area contributed by atoms with Crippen LogP contribution < -0.4 is 4.74 Å². The lowest BCUT2D eigenvalue weighted by atomic mass is 9.61. The lowest BCUT2D eigenvalue weighted by Crippen LogP contribution is -2.40. The van der Waals surface area contributed by atoms with Gasteiger partial charge in [-0.15, -0.1) is 0 Å². The number of pyridine rings is 1. The Labute approximate surface area is 217 Å². The van der Waals surface area contributed by atoms with Crippen LogP contribution in [-0.4, -0.2) is 28.1 Å². The molecule has 1 fully saturated rings. The minimum atomic E-state index is -0.656. The van der Waals surface area contributed by atoms with Crippen LogP contribution >= 0.6 is 11.6 Å². The molecule has 3 atom stereocenters. The zero-order valence-corrected chi connectivity index (χ0v) is 22.1. The molecule has 6 nitrogen and oxygen atoms in total. The average molecular weight is 510 g/mol. The fraction of sp³-hybridized carbons (Fsp3) is 0.379. The van der Waals surface area contributed by atoms with E-state index in [0.29, 0.717) is 24.2 Å². The summed E-state index contributed by atoms with van der Waals surface area (Å²) in [6.45, 7) is 9.76. The maximum Gasteiger partial charge on any atom is 0.343 e. The van der Waals surface area contributed by atoms with Crippen LogP contribution in [0, 0.1) is 24.2 Å². The van der Waals surface area contributed by atoms with Gasteiger partial charge in [0.1, 0.15) is 11.5 Å². The molecule has 1 heterocycles. The van der Waals surface area contributed by atoms with E-state index in [-0.39, 0.29) is 56.7 Å². The fourth-order valence-corrected chi connectivity index (χ4v) is 4.81. The number of halogens is 1. The molecule has 7 heteroatoms. The molecular formula is C29H32ClNO5. The van der Waals surface area contributed by atoms with Crippen molar-refractivity contribution in [2.24, 2.45) is 17.3 Å². The van der Waals surface area contributed by atoms with Gasteiger partial charge in [0.05, 0.1) is 16.1 Å². The summed E-state index contributed by atoms with van der Waals surface area (Å²) in [4.78, 5) is 40.6. The molecule has 2 aromatic rings. The molecule has 1 aliphatic carbocycles. The maximum atomic E-state index is 12.7. The highest BCUT2D eigenvalue weighted by molar-refractivity contribution is 6.33. The van der Waals surface area contributed by atoms with Crippen molar-refractivity contribution in [2.75, 3.05) is 0 Å². The lowest BCUT2D eigenvalue weighted by Gasteiger charge is -2.42. The molecule has 0 unspecified atom stereocenters. The second-order valence-corrected chi connectivity index (χ2v) is 10.1. The first-order chi connectivity index (χ1) is 17.0. The van der Waals surface area contributed by atoms with Crippen molar-refractivity contribution < 1.29 is 24.2 Å². The van der Waals surface area contributed by atoms with Gasteiger partial charge in [-0.25, -0.2) is 4.79 Å². The van der Waals surface area contributed by atoms with Crippen LogP contribution in [0.3, 0.4) is 0 Å². The van der Waals surface area contributed by atoms with Gasteiger partial charge in [-0.1, -0.05) is 56.2 Å². The highest BCUT2D eigenvalue weighted by Gasteiger charge is 2.41. The van der Waals surface area contributed by atoms with Gasteiger partial charge in [-0.3, -0.25) is 14.6 Å². The van der Waals surface area contributed by atoms with Crippen molar-refractivity contribution >= 4 is 29.6 Å². The third-order valence-corrected chi connectivity index (χ3v) is 8.07. The number of hydrogen-bond acceptors (Lipinski definition) is 6. The minimum absolute atomic E-state index is 0.0131. The minimum Gasteiger partial charge on any atom is -0.507 e. The van der Waals surface area contributed by atoms with E-state index >= 15 is 0 Å². The summed E-state index contributed by atoms with van der Waals surface area (Å²) < 4.78 is 5.61. The van der Waals surface area contributed by atoms with Gasteiger partial charge in [0.25, 0.3) is 0 Å². The van der Waals surface area contributed by atoms with Gasteiger partial charge in [0.2, 0.25) is 0 Å². The monoisotopic (exact) mass is 509 g/mol. The Bertz CT molecular complexity index is 1230. The van der Waals surface area contributed by atoms with Crippen molar-refractivity contribution in [3.63, 3.8) is 0 Å². The molecule has 0 aliphatic heterocycles. The zero-order valence-electron chi connectivity index (χ0n) is 21.3. The number of rotatable bonds is 7. The first-order valence-corrected chi connectivity index (χ1v) is 12.4. The number of ether oxygens (including phenoxy) is 1. The number of phenols is 1. The smallest absolute Gasteiger partial charge is 0.343 e. The first kappa shape index (κ1) is 27.3. The number of aromatic hydroxyl groups is 1. The van der Waals surface area contributed by atoms with Crippen molar-refractivity contribution in [2.45, 2.75) is 53.9 Å². The van der Waals surface area contributed by atoms with Crippen molar-refractivity contribution in [3.8, 4) is 11.5 Å². The van der Waals surface area contributed by atoms with Gasteiger partial charge in [-0.2, -0.15) is 0 Å². The summed E-state index contributed by atoms with van der Waals surface area (Å²) in [5.74, 6) is -0.341. The number of phenolic OH excluding ortho intramolecular Hbond substituents is 1. The van der Waals surface area contributed by atoms with E-state index in [1.165, 1.54) is 24.5 Å². The lowest BCUT2D eigenvalue weighted by molar-refractivity contribution is -0.129. The van der Waals surface area contributed by atoms with E-state index in [9.17, 15) is 19.5 Å². The predicted octanol–water partition coefficient (Wildman–Crippen LogP) is 6.47. The molecule has 3 rings (SSSR count). The number of Topliss-reactive ketones (excluding diaryl/α,β-unsaturated/α-hetero) is 1. The second-order valence-electron chi connectivity index (χ2n) is 9.73. The summed E-state index contributed by atoms with van der Waals surface area (Å²) in [5, 5.41) is 11.0. The summed E-state index contributed by atoms with van der Waals surface area (Å²) >= 11 is 6.50. The van der Waals surface area contributed by atoms with E-state index in [0.717, 1.165) is 12.0 Å². The number of aromatic nitrogens is 1. The van der Waals surface area contributed by atoms with Crippen LogP contribution in [-0.2, 0) is 11.2 Å². The van der Waals surface area contributed by atoms with Gasteiger partial charge in [0.15, 0.2) is 12.0 Å². The first-order valence-electron chi connectivity index (χ1n) is 12.0. The van der Waals surface area contributed by atoms with E-state index in [1.54, 1.807) is 6.92 Å². The molecule has 1 saturated carbocycles. The van der Waals surface area contributed by atoms with Crippen molar-refractivity contribution in [3.05, 3.63) is 75.6 Å². The average Bonchev–Trinajstić information content (AvgIpc) is 2.87. The number of allylic oxidation sites excluding steroid dienone is 4. The van der Waals surface area contributed by atoms with Crippen LogP contribution in [0.2, 0.25) is 5.02 Å². The quantitative estimate of drug-likeness (QED) is 0.199. The fourth-order valence-electron chi connectivity index (χ4n) is 4.56. The Morgan fingerprint density at radius 3 is 2.61 bits per heavy atom. The van der Waals surface area contributed by atoms with Crippen molar-refractivity contribution in [1.82, 2.24) is 4.98 Å². The molecule has 0 saturated heterocycles. The van der Waals surface area contributed by atoms with Crippen LogP contribution in [0.15, 0.2) is 48.3 Å². The number of benzene rings is 1. The Kier molecular flexibility index (Phi) is 8.51. The highest BCUT2D eigenvalue weighted by atomic mass is 35.5. The SMILES string of the molecule is CC(/C=C/[C@@]1(C)[C@H](C)CCC(=O)[C@@H]1C)=C\Cc1c(O)c(C=O)c(C)c(Cl)c1OC(=O)c1ccncc1. The molecule has 0 spiro atoms. The normalized spacial score (nSPS) is 22.6. The van der Waals surface area contributed by atoms with Gasteiger partial charge in [0, 0.05) is 30.3 Å². The molecule has 190 valence electrons. The molecule has 0 amide bonds. The molecular weight excluding hydrogens is 478 g/mol. The van der Waals surface area contributed by atoms with E-state index in [4.69, 9.17) is 16.3 Å². The van der Waals surface area contributed by atoms with Crippen LogP contribution in [0.4, 0.5) is 0 Å². The molecule has 0 bridgehead atoms. The van der Waals surface area contributed by atoms with E-state index < -0.39 is 5.97 Å². The summed E-state index contributed by atoms with van der Waals surface area (Å²) in [6.07, 6.45) is 11.1. The van der Waals surface area contributed by atoms with Gasteiger partial charge in [-0.05, 0) is 55.7 Å². The third kappa shape index (κ3) is 5.44. The zero-order chi connectivity index (χ0) is 26.6. The molecule has 1 aliphatic rings.